The van der Waals surface area contributed by atoms with E-state index in [1.165, 1.54) is 0 Å². The van der Waals surface area contributed by atoms with Crippen LogP contribution < -0.4 is 10.6 Å². The van der Waals surface area contributed by atoms with E-state index in [0.29, 0.717) is 29.8 Å². The first-order valence-corrected chi connectivity index (χ1v) is 7.89. The Morgan fingerprint density at radius 3 is 2.85 bits per heavy atom. The summed E-state index contributed by atoms with van der Waals surface area (Å²) in [7, 11) is 0. The number of amides is 1. The lowest BCUT2D eigenvalue weighted by Gasteiger charge is -2.22. The van der Waals surface area contributed by atoms with Crippen molar-refractivity contribution in [1.82, 2.24) is 10.6 Å². The maximum Gasteiger partial charge on any atom is 0.251 e. The van der Waals surface area contributed by atoms with Crippen LogP contribution in [0, 0.1) is 0 Å². The van der Waals surface area contributed by atoms with Crippen molar-refractivity contribution in [3.05, 3.63) is 33.3 Å². The van der Waals surface area contributed by atoms with Crippen LogP contribution >= 0.6 is 27.5 Å². The Hall–Kier alpha value is -0.620. The van der Waals surface area contributed by atoms with Crippen molar-refractivity contribution in [2.45, 2.75) is 18.9 Å². The normalized spacial score (nSPS) is 16.1. The Bertz CT molecular complexity index is 444. The first-order chi connectivity index (χ1) is 9.65. The SMILES string of the molecule is O=C(NCCOC1CCNCC1)c1cc(Cl)cc(Br)c1. The van der Waals surface area contributed by atoms with Crippen LogP contribution in [-0.2, 0) is 4.74 Å². The Kier molecular flexibility index (Phi) is 6.29. The quantitative estimate of drug-likeness (QED) is 0.793. The van der Waals surface area contributed by atoms with Gasteiger partial charge in [0.25, 0.3) is 5.91 Å². The molecule has 0 aromatic heterocycles. The van der Waals surface area contributed by atoms with Gasteiger partial charge < -0.3 is 15.4 Å². The van der Waals surface area contributed by atoms with Crippen molar-refractivity contribution in [2.24, 2.45) is 0 Å². The molecule has 0 radical (unpaired) electrons. The van der Waals surface area contributed by atoms with Gasteiger partial charge in [-0.25, -0.2) is 0 Å². The van der Waals surface area contributed by atoms with Gasteiger partial charge in [-0.2, -0.15) is 0 Å². The van der Waals surface area contributed by atoms with E-state index in [9.17, 15) is 4.79 Å². The van der Waals surface area contributed by atoms with Crippen molar-refractivity contribution < 1.29 is 9.53 Å². The number of carbonyl (C=O) groups is 1. The highest BCUT2D eigenvalue weighted by atomic mass is 79.9. The highest BCUT2D eigenvalue weighted by Gasteiger charge is 2.13. The van der Waals surface area contributed by atoms with Gasteiger partial charge in [-0.05, 0) is 44.1 Å². The molecule has 1 aromatic rings. The molecule has 0 aliphatic carbocycles. The summed E-state index contributed by atoms with van der Waals surface area (Å²) in [5, 5.41) is 6.66. The molecule has 1 fully saturated rings. The summed E-state index contributed by atoms with van der Waals surface area (Å²) in [5.74, 6) is -0.137. The number of hydrogen-bond donors (Lipinski definition) is 2. The Balaban J connectivity index is 1.71. The first kappa shape index (κ1) is 15.8. The van der Waals surface area contributed by atoms with E-state index in [-0.39, 0.29) is 5.91 Å². The largest absolute Gasteiger partial charge is 0.376 e. The molecule has 4 nitrogen and oxygen atoms in total. The molecule has 1 saturated heterocycles. The van der Waals surface area contributed by atoms with E-state index in [0.717, 1.165) is 30.4 Å². The van der Waals surface area contributed by atoms with Gasteiger partial charge in [0.15, 0.2) is 0 Å². The molecule has 0 unspecified atom stereocenters. The van der Waals surface area contributed by atoms with Crippen molar-refractivity contribution in [1.29, 1.82) is 0 Å². The molecule has 0 bridgehead atoms. The Labute approximate surface area is 132 Å². The summed E-state index contributed by atoms with van der Waals surface area (Å²) < 4.78 is 6.52. The van der Waals surface area contributed by atoms with Gasteiger partial charge in [0.05, 0.1) is 12.7 Å². The fraction of sp³-hybridized carbons (Fsp3) is 0.500. The molecule has 0 atom stereocenters. The summed E-state index contributed by atoms with van der Waals surface area (Å²) >= 11 is 9.24. The smallest absolute Gasteiger partial charge is 0.251 e. The Morgan fingerprint density at radius 2 is 2.15 bits per heavy atom. The molecule has 1 aromatic carbocycles. The fourth-order valence-electron chi connectivity index (χ4n) is 2.14. The number of benzene rings is 1. The highest BCUT2D eigenvalue weighted by molar-refractivity contribution is 9.10. The molecule has 2 N–H and O–H groups in total. The fourth-order valence-corrected chi connectivity index (χ4v) is 3.00. The summed E-state index contributed by atoms with van der Waals surface area (Å²) in [4.78, 5) is 11.9. The molecule has 6 heteroatoms. The van der Waals surface area contributed by atoms with Crippen molar-refractivity contribution in [3.63, 3.8) is 0 Å². The first-order valence-electron chi connectivity index (χ1n) is 6.72. The molecule has 1 amide bonds. The second-order valence-corrected chi connectivity index (χ2v) is 6.09. The second kappa shape index (κ2) is 7.98. The van der Waals surface area contributed by atoms with Gasteiger partial charge in [-0.15, -0.1) is 0 Å². The maximum atomic E-state index is 11.9. The molecule has 1 heterocycles. The topological polar surface area (TPSA) is 50.4 Å². The lowest BCUT2D eigenvalue weighted by atomic mass is 10.1. The average molecular weight is 362 g/mol. The molecule has 0 spiro atoms. The van der Waals surface area contributed by atoms with Crippen LogP contribution in [-0.4, -0.2) is 38.3 Å². The molecule has 20 heavy (non-hydrogen) atoms. The third kappa shape index (κ3) is 5.05. The van der Waals surface area contributed by atoms with E-state index in [4.69, 9.17) is 16.3 Å². The predicted molar refractivity (Wildman–Crippen MR) is 83.3 cm³/mol. The minimum absolute atomic E-state index is 0.137. The second-order valence-electron chi connectivity index (χ2n) is 4.73. The lowest BCUT2D eigenvalue weighted by molar-refractivity contribution is 0.0343. The zero-order valence-electron chi connectivity index (χ0n) is 11.1. The standard InChI is InChI=1S/C14H18BrClN2O2/c15-11-7-10(8-12(16)9-11)14(19)18-5-6-20-13-1-3-17-4-2-13/h7-9,13,17H,1-6H2,(H,18,19). The van der Waals surface area contributed by atoms with Gasteiger partial charge in [0.2, 0.25) is 0 Å². The van der Waals surface area contributed by atoms with Gasteiger partial charge in [-0.1, -0.05) is 27.5 Å². The predicted octanol–water partition coefficient (Wildman–Crippen LogP) is 2.60. The van der Waals surface area contributed by atoms with Gasteiger partial charge in [0, 0.05) is 21.6 Å². The number of ether oxygens (including phenoxy) is 1. The molecular weight excluding hydrogens is 344 g/mol. The summed E-state index contributed by atoms with van der Waals surface area (Å²) in [6, 6.07) is 5.14. The molecule has 1 aliphatic heterocycles. The summed E-state index contributed by atoms with van der Waals surface area (Å²) in [6.45, 7) is 3.06. The van der Waals surface area contributed by atoms with Crippen LogP contribution in [0.3, 0.4) is 0 Å². The van der Waals surface area contributed by atoms with E-state index in [1.54, 1.807) is 18.2 Å². The van der Waals surface area contributed by atoms with E-state index in [1.807, 2.05) is 0 Å². The Morgan fingerprint density at radius 1 is 1.40 bits per heavy atom. The van der Waals surface area contributed by atoms with E-state index < -0.39 is 0 Å². The highest BCUT2D eigenvalue weighted by Crippen LogP contribution is 2.19. The van der Waals surface area contributed by atoms with Crippen LogP contribution in [0.2, 0.25) is 5.02 Å². The van der Waals surface area contributed by atoms with Crippen LogP contribution in [0.5, 0.6) is 0 Å². The summed E-state index contributed by atoms with van der Waals surface area (Å²) in [6.07, 6.45) is 2.39. The molecular formula is C14H18BrClN2O2. The summed E-state index contributed by atoms with van der Waals surface area (Å²) in [5.41, 5.74) is 0.547. The molecule has 1 aliphatic rings. The minimum Gasteiger partial charge on any atom is -0.376 e. The zero-order chi connectivity index (χ0) is 14.4. The van der Waals surface area contributed by atoms with Gasteiger partial charge in [0.1, 0.15) is 0 Å². The molecule has 0 saturated carbocycles. The maximum absolute atomic E-state index is 11.9. The minimum atomic E-state index is -0.137. The zero-order valence-corrected chi connectivity index (χ0v) is 13.5. The van der Waals surface area contributed by atoms with Crippen LogP contribution in [0.25, 0.3) is 0 Å². The average Bonchev–Trinajstić information content (AvgIpc) is 2.43. The number of piperidine rings is 1. The molecule has 110 valence electrons. The van der Waals surface area contributed by atoms with E-state index in [2.05, 4.69) is 26.6 Å². The molecule has 2 rings (SSSR count). The monoisotopic (exact) mass is 360 g/mol. The van der Waals surface area contributed by atoms with Gasteiger partial charge >= 0.3 is 0 Å². The number of carbonyl (C=O) groups excluding carboxylic acids is 1. The van der Waals surface area contributed by atoms with Crippen LogP contribution in [0.4, 0.5) is 0 Å². The lowest BCUT2D eigenvalue weighted by Crippen LogP contribution is -2.34. The van der Waals surface area contributed by atoms with Crippen molar-refractivity contribution in [3.8, 4) is 0 Å². The third-order valence-corrected chi connectivity index (χ3v) is 3.83. The van der Waals surface area contributed by atoms with Crippen molar-refractivity contribution >= 4 is 33.4 Å². The number of nitrogens with one attached hydrogen (secondary N) is 2. The van der Waals surface area contributed by atoms with Crippen LogP contribution in [0.15, 0.2) is 22.7 Å². The van der Waals surface area contributed by atoms with Crippen molar-refractivity contribution in [2.75, 3.05) is 26.2 Å². The third-order valence-electron chi connectivity index (χ3n) is 3.15. The van der Waals surface area contributed by atoms with Crippen LogP contribution in [0.1, 0.15) is 23.2 Å². The van der Waals surface area contributed by atoms with E-state index >= 15 is 0 Å². The van der Waals surface area contributed by atoms with Gasteiger partial charge in [-0.3, -0.25) is 4.79 Å². The number of hydrogen-bond acceptors (Lipinski definition) is 3. The number of rotatable bonds is 5. The number of halogens is 2.